The van der Waals surface area contributed by atoms with Crippen molar-refractivity contribution >= 4 is 16.9 Å². The number of rotatable bonds is 2. The molecular weight excluding hydrogens is 136 g/mol. The third-order valence-electron chi connectivity index (χ3n) is 1.09. The molecule has 0 spiro atoms. The molecule has 2 N–H and O–H groups in total. The molecule has 1 rings (SSSR count). The van der Waals surface area contributed by atoms with Gasteiger partial charge in [0.15, 0.2) is 5.17 Å². The molecular formula is C5H10N2OS. The van der Waals surface area contributed by atoms with Crippen molar-refractivity contribution in [3.05, 3.63) is 0 Å². The Bertz CT molecular complexity index is 126. The monoisotopic (exact) mass is 146 g/mol. The van der Waals surface area contributed by atoms with Crippen LogP contribution in [0, 0.1) is 0 Å². The van der Waals surface area contributed by atoms with Crippen molar-refractivity contribution in [1.29, 1.82) is 0 Å². The molecule has 1 heterocycles. The summed E-state index contributed by atoms with van der Waals surface area (Å²) in [5.41, 5.74) is 5.41. The zero-order chi connectivity index (χ0) is 6.69. The van der Waals surface area contributed by atoms with Crippen LogP contribution < -0.4 is 5.73 Å². The number of ether oxygens (including phenoxy) is 1. The topological polar surface area (TPSA) is 47.6 Å². The van der Waals surface area contributed by atoms with Crippen molar-refractivity contribution in [2.75, 3.05) is 19.5 Å². The van der Waals surface area contributed by atoms with E-state index < -0.39 is 0 Å². The Labute approximate surface area is 58.7 Å². The van der Waals surface area contributed by atoms with Crippen LogP contribution in [-0.2, 0) is 4.74 Å². The van der Waals surface area contributed by atoms with E-state index in [9.17, 15) is 0 Å². The summed E-state index contributed by atoms with van der Waals surface area (Å²) in [6.07, 6.45) is 0. The van der Waals surface area contributed by atoms with Crippen LogP contribution in [0.5, 0.6) is 0 Å². The highest BCUT2D eigenvalue weighted by Crippen LogP contribution is 2.14. The molecule has 52 valence electrons. The molecule has 0 aromatic carbocycles. The van der Waals surface area contributed by atoms with E-state index in [4.69, 9.17) is 10.5 Å². The van der Waals surface area contributed by atoms with E-state index in [-0.39, 0.29) is 0 Å². The normalized spacial score (nSPS) is 26.3. The van der Waals surface area contributed by atoms with Gasteiger partial charge in [-0.1, -0.05) is 11.8 Å². The maximum absolute atomic E-state index is 5.41. The predicted octanol–water partition coefficient (Wildman–Crippen LogP) is 0.0629. The molecule has 3 nitrogen and oxygen atoms in total. The smallest absolute Gasteiger partial charge is 0.154 e. The summed E-state index contributed by atoms with van der Waals surface area (Å²) in [5.74, 6) is 0.972. The van der Waals surface area contributed by atoms with E-state index in [0.29, 0.717) is 17.8 Å². The molecule has 0 bridgehead atoms. The minimum Gasteiger partial charge on any atom is -0.382 e. The molecule has 0 amide bonds. The van der Waals surface area contributed by atoms with Gasteiger partial charge >= 0.3 is 0 Å². The third kappa shape index (κ3) is 1.87. The lowest BCUT2D eigenvalue weighted by atomic mass is 10.4. The van der Waals surface area contributed by atoms with Crippen molar-refractivity contribution in [3.63, 3.8) is 0 Å². The van der Waals surface area contributed by atoms with Gasteiger partial charge in [-0.15, -0.1) is 0 Å². The van der Waals surface area contributed by atoms with Crippen molar-refractivity contribution < 1.29 is 4.74 Å². The zero-order valence-electron chi connectivity index (χ0n) is 5.33. The van der Waals surface area contributed by atoms with Gasteiger partial charge in [0.1, 0.15) is 0 Å². The summed E-state index contributed by atoms with van der Waals surface area (Å²) in [7, 11) is 1.68. The maximum atomic E-state index is 5.41. The number of amidine groups is 1. The molecule has 4 heteroatoms. The van der Waals surface area contributed by atoms with Crippen LogP contribution in [0.3, 0.4) is 0 Å². The summed E-state index contributed by atoms with van der Waals surface area (Å²) < 4.78 is 4.90. The molecule has 0 radical (unpaired) electrons. The first-order valence-electron chi connectivity index (χ1n) is 2.78. The van der Waals surface area contributed by atoms with Gasteiger partial charge in [0.05, 0.1) is 12.6 Å². The first kappa shape index (κ1) is 6.89. The van der Waals surface area contributed by atoms with Gasteiger partial charge in [-0.05, 0) is 0 Å². The molecule has 0 saturated heterocycles. The lowest BCUT2D eigenvalue weighted by Crippen LogP contribution is -2.11. The molecule has 1 aliphatic heterocycles. The molecule has 0 saturated carbocycles. The van der Waals surface area contributed by atoms with Crippen molar-refractivity contribution in [3.8, 4) is 0 Å². The van der Waals surface area contributed by atoms with E-state index in [1.54, 1.807) is 18.9 Å². The second-order valence-electron chi connectivity index (χ2n) is 1.89. The van der Waals surface area contributed by atoms with Gasteiger partial charge < -0.3 is 10.5 Å². The summed E-state index contributed by atoms with van der Waals surface area (Å²) in [4.78, 5) is 4.11. The van der Waals surface area contributed by atoms with Crippen LogP contribution in [0.15, 0.2) is 4.99 Å². The van der Waals surface area contributed by atoms with E-state index in [1.165, 1.54) is 0 Å². The Morgan fingerprint density at radius 1 is 2.00 bits per heavy atom. The van der Waals surface area contributed by atoms with Crippen LogP contribution in [0.1, 0.15) is 0 Å². The standard InChI is InChI=1S/C5H10N2OS/c1-8-2-4-3-9-5(6)7-4/h4H,2-3H2,1H3,(H2,6,7). The van der Waals surface area contributed by atoms with Gasteiger partial charge in [0.25, 0.3) is 0 Å². The number of hydrogen-bond donors (Lipinski definition) is 1. The lowest BCUT2D eigenvalue weighted by Gasteiger charge is -2.00. The number of nitrogens with zero attached hydrogens (tertiary/aromatic N) is 1. The first-order chi connectivity index (χ1) is 4.33. The van der Waals surface area contributed by atoms with Gasteiger partial charge in [0.2, 0.25) is 0 Å². The lowest BCUT2D eigenvalue weighted by molar-refractivity contribution is 0.187. The second kappa shape index (κ2) is 3.08. The van der Waals surface area contributed by atoms with Crippen molar-refractivity contribution in [1.82, 2.24) is 0 Å². The van der Waals surface area contributed by atoms with Crippen molar-refractivity contribution in [2.45, 2.75) is 6.04 Å². The van der Waals surface area contributed by atoms with E-state index in [2.05, 4.69) is 4.99 Å². The van der Waals surface area contributed by atoms with Gasteiger partial charge in [0, 0.05) is 12.9 Å². The molecule has 0 aromatic rings. The van der Waals surface area contributed by atoms with Crippen LogP contribution in [0.4, 0.5) is 0 Å². The Kier molecular flexibility index (Phi) is 2.36. The maximum Gasteiger partial charge on any atom is 0.154 e. The number of hydrogen-bond acceptors (Lipinski definition) is 4. The quantitative estimate of drug-likeness (QED) is 0.599. The Balaban J connectivity index is 2.29. The molecule has 1 atom stereocenters. The fraction of sp³-hybridized carbons (Fsp3) is 0.800. The highest BCUT2D eigenvalue weighted by Gasteiger charge is 2.14. The minimum atomic E-state index is 0.292. The highest BCUT2D eigenvalue weighted by molar-refractivity contribution is 8.14. The van der Waals surface area contributed by atoms with E-state index >= 15 is 0 Å². The van der Waals surface area contributed by atoms with Crippen LogP contribution in [0.25, 0.3) is 0 Å². The fourth-order valence-corrected chi connectivity index (χ4v) is 1.47. The number of methoxy groups -OCH3 is 1. The first-order valence-corrected chi connectivity index (χ1v) is 3.76. The molecule has 0 aromatic heterocycles. The number of thioether (sulfide) groups is 1. The van der Waals surface area contributed by atoms with Gasteiger partial charge in [-0.25, -0.2) is 0 Å². The molecule has 9 heavy (non-hydrogen) atoms. The average molecular weight is 146 g/mol. The minimum absolute atomic E-state index is 0.292. The average Bonchev–Trinajstić information content (AvgIpc) is 2.17. The molecule has 0 aliphatic carbocycles. The third-order valence-corrected chi connectivity index (χ3v) is 2.05. The number of aliphatic imine (C=N–C) groups is 1. The summed E-state index contributed by atoms with van der Waals surface area (Å²) in [6.45, 7) is 0.688. The Morgan fingerprint density at radius 2 is 2.78 bits per heavy atom. The largest absolute Gasteiger partial charge is 0.382 e. The Hall–Kier alpha value is -0.220. The van der Waals surface area contributed by atoms with Crippen molar-refractivity contribution in [2.24, 2.45) is 10.7 Å². The predicted molar refractivity (Wildman–Crippen MR) is 39.7 cm³/mol. The molecule has 0 fully saturated rings. The highest BCUT2D eigenvalue weighted by atomic mass is 32.2. The van der Waals surface area contributed by atoms with E-state index in [1.807, 2.05) is 0 Å². The van der Waals surface area contributed by atoms with Gasteiger partial charge in [-0.3, -0.25) is 4.99 Å². The van der Waals surface area contributed by atoms with Gasteiger partial charge in [-0.2, -0.15) is 0 Å². The van der Waals surface area contributed by atoms with Crippen LogP contribution >= 0.6 is 11.8 Å². The summed E-state index contributed by atoms with van der Waals surface area (Å²) in [5, 5.41) is 0.692. The molecule has 1 unspecified atom stereocenters. The Morgan fingerprint density at radius 3 is 3.22 bits per heavy atom. The second-order valence-corrected chi connectivity index (χ2v) is 2.93. The SMILES string of the molecule is COCC1CSC(N)=N1. The van der Waals surface area contributed by atoms with E-state index in [0.717, 1.165) is 5.75 Å². The van der Waals surface area contributed by atoms with Crippen LogP contribution in [-0.4, -0.2) is 30.7 Å². The summed E-state index contributed by atoms with van der Waals surface area (Å²) >= 11 is 1.59. The fourth-order valence-electron chi connectivity index (χ4n) is 0.714. The zero-order valence-corrected chi connectivity index (χ0v) is 6.15. The molecule has 1 aliphatic rings. The summed E-state index contributed by atoms with van der Waals surface area (Å²) in [6, 6.07) is 0.292. The number of nitrogens with two attached hydrogens (primary N) is 1. The van der Waals surface area contributed by atoms with Crippen LogP contribution in [0.2, 0.25) is 0 Å².